The molecule has 2 aromatic heterocycles. The Morgan fingerprint density at radius 3 is 1.87 bits per heavy atom. The number of aromatic amines is 2. The van der Waals surface area contributed by atoms with E-state index in [0.717, 1.165) is 27.4 Å². The topological polar surface area (TPSA) is 225 Å². The van der Waals surface area contributed by atoms with Crippen LogP contribution in [0.3, 0.4) is 0 Å². The van der Waals surface area contributed by atoms with Crippen molar-refractivity contribution in [2.75, 3.05) is 0 Å². The molecule has 4 aromatic rings. The first-order valence-electron chi connectivity index (χ1n) is 15.3. The second-order valence-corrected chi connectivity index (χ2v) is 11.6. The Morgan fingerprint density at radius 1 is 0.783 bits per heavy atom. The van der Waals surface area contributed by atoms with Crippen molar-refractivity contribution in [3.05, 3.63) is 72.1 Å². The summed E-state index contributed by atoms with van der Waals surface area (Å²) in [6, 6.07) is 10.5. The molecule has 13 nitrogen and oxygen atoms in total. The molecule has 0 aliphatic carbocycles. The highest BCUT2D eigenvalue weighted by Crippen LogP contribution is 2.21. The highest BCUT2D eigenvalue weighted by molar-refractivity contribution is 5.95. The van der Waals surface area contributed by atoms with E-state index >= 15 is 0 Å². The van der Waals surface area contributed by atoms with Gasteiger partial charge < -0.3 is 42.5 Å². The number of hydrogen-bond donors (Lipinski definition) is 8. The van der Waals surface area contributed by atoms with Crippen molar-refractivity contribution in [3.8, 4) is 0 Å². The van der Waals surface area contributed by atoms with Gasteiger partial charge >= 0.3 is 5.97 Å². The molecule has 5 atom stereocenters. The maximum atomic E-state index is 13.8. The number of carbonyl (C=O) groups excluding carboxylic acids is 4. The first kappa shape index (κ1) is 33.7. The quantitative estimate of drug-likeness (QED) is 0.0911. The highest BCUT2D eigenvalue weighted by atomic mass is 16.4. The maximum Gasteiger partial charge on any atom is 0.326 e. The number of carboxylic acid groups (broad SMARTS) is 1. The lowest BCUT2D eigenvalue weighted by atomic mass is 9.96. The lowest BCUT2D eigenvalue weighted by Crippen LogP contribution is -2.59. The molecule has 0 radical (unpaired) electrons. The molecule has 0 bridgehead atoms. The average molecular weight is 632 g/mol. The summed E-state index contributed by atoms with van der Waals surface area (Å²) in [6.45, 7) is 3.67. The zero-order valence-electron chi connectivity index (χ0n) is 25.8. The number of nitrogens with one attached hydrogen (secondary N) is 5. The van der Waals surface area contributed by atoms with E-state index in [-0.39, 0.29) is 31.6 Å². The van der Waals surface area contributed by atoms with Crippen LogP contribution in [0.25, 0.3) is 21.8 Å². The van der Waals surface area contributed by atoms with E-state index in [2.05, 4.69) is 25.9 Å². The number of carboxylic acids is 1. The van der Waals surface area contributed by atoms with Gasteiger partial charge in [0.1, 0.15) is 18.1 Å². The van der Waals surface area contributed by atoms with Crippen LogP contribution in [0.4, 0.5) is 0 Å². The summed E-state index contributed by atoms with van der Waals surface area (Å²) in [5, 5.41) is 19.4. The summed E-state index contributed by atoms with van der Waals surface area (Å²) in [5.41, 5.74) is 14.8. The molecular formula is C33H41N7O6. The molecule has 46 heavy (non-hydrogen) atoms. The van der Waals surface area contributed by atoms with Crippen LogP contribution in [-0.2, 0) is 36.8 Å². The minimum absolute atomic E-state index is 0.0188. The zero-order chi connectivity index (χ0) is 33.4. The van der Waals surface area contributed by atoms with E-state index in [9.17, 15) is 29.1 Å². The van der Waals surface area contributed by atoms with Gasteiger partial charge in [0.2, 0.25) is 23.6 Å². The second-order valence-electron chi connectivity index (χ2n) is 11.6. The molecule has 0 aliphatic rings. The maximum absolute atomic E-state index is 13.8. The van der Waals surface area contributed by atoms with Crippen LogP contribution >= 0.6 is 0 Å². The standard InChI is InChI=1S/C33H41N7O6/c1-3-18(2)29(40-30(42)23(34)14-19-16-36-24-10-6-4-8-21(19)24)32(44)39-27(15-20-17-37-25-11-7-5-9-22(20)25)31(43)38-26(33(45)46)12-13-28(35)41/h4-11,16-18,23,26-27,29,36-37H,3,12-15,34H2,1-2H3,(H2,35,41)(H,38,43)(H,39,44)(H,40,42)(H,45,46). The lowest BCUT2D eigenvalue weighted by molar-refractivity contribution is -0.142. The van der Waals surface area contributed by atoms with E-state index in [0.29, 0.717) is 12.0 Å². The largest absolute Gasteiger partial charge is 0.480 e. The smallest absolute Gasteiger partial charge is 0.326 e. The number of hydrogen-bond acceptors (Lipinski definition) is 6. The van der Waals surface area contributed by atoms with Gasteiger partial charge in [-0.1, -0.05) is 56.7 Å². The molecule has 2 aromatic carbocycles. The van der Waals surface area contributed by atoms with Crippen LogP contribution in [0.2, 0.25) is 0 Å². The van der Waals surface area contributed by atoms with Crippen molar-refractivity contribution in [2.45, 2.75) is 70.1 Å². The molecule has 0 saturated heterocycles. The Labute approximate surface area is 265 Å². The summed E-state index contributed by atoms with van der Waals surface area (Å²) in [4.78, 5) is 70.1. The summed E-state index contributed by atoms with van der Waals surface area (Å²) in [7, 11) is 0. The first-order chi connectivity index (χ1) is 22.0. The number of benzene rings is 2. The molecule has 244 valence electrons. The Kier molecular flexibility index (Phi) is 11.2. The van der Waals surface area contributed by atoms with Crippen molar-refractivity contribution in [2.24, 2.45) is 17.4 Å². The number of aromatic nitrogens is 2. The molecule has 0 aliphatic heterocycles. The molecule has 13 heteroatoms. The number of para-hydroxylation sites is 2. The molecule has 2 heterocycles. The van der Waals surface area contributed by atoms with E-state index in [4.69, 9.17) is 11.5 Å². The predicted octanol–water partition coefficient (Wildman–Crippen LogP) is 1.61. The van der Waals surface area contributed by atoms with Gasteiger partial charge in [-0.05, 0) is 42.0 Å². The third kappa shape index (κ3) is 8.30. The van der Waals surface area contributed by atoms with E-state index in [1.165, 1.54) is 0 Å². The summed E-state index contributed by atoms with van der Waals surface area (Å²) >= 11 is 0. The third-order valence-electron chi connectivity index (χ3n) is 8.27. The number of amides is 4. The van der Waals surface area contributed by atoms with Crippen LogP contribution in [0.1, 0.15) is 44.2 Å². The van der Waals surface area contributed by atoms with Crippen LogP contribution in [0, 0.1) is 5.92 Å². The Morgan fingerprint density at radius 2 is 1.33 bits per heavy atom. The third-order valence-corrected chi connectivity index (χ3v) is 8.27. The second kappa shape index (κ2) is 15.2. The molecule has 0 fully saturated rings. The van der Waals surface area contributed by atoms with E-state index in [1.54, 1.807) is 19.3 Å². The number of aliphatic carboxylic acids is 1. The van der Waals surface area contributed by atoms with Gasteiger partial charge in [0.15, 0.2) is 0 Å². The van der Waals surface area contributed by atoms with Crippen molar-refractivity contribution in [1.29, 1.82) is 0 Å². The van der Waals surface area contributed by atoms with Crippen LogP contribution in [0.5, 0.6) is 0 Å². The Bertz CT molecular complexity index is 1710. The SMILES string of the molecule is CCC(C)C(NC(=O)C(N)Cc1c[nH]c2ccccc12)C(=O)NC(Cc1c[nH]c2ccccc12)C(=O)NC(CCC(N)=O)C(=O)O. The van der Waals surface area contributed by atoms with Crippen LogP contribution in [0.15, 0.2) is 60.9 Å². The lowest BCUT2D eigenvalue weighted by Gasteiger charge is -2.28. The van der Waals surface area contributed by atoms with Crippen molar-refractivity contribution in [1.82, 2.24) is 25.9 Å². The zero-order valence-corrected chi connectivity index (χ0v) is 25.8. The van der Waals surface area contributed by atoms with Gasteiger partial charge in [0.05, 0.1) is 6.04 Å². The predicted molar refractivity (Wildman–Crippen MR) is 173 cm³/mol. The first-order valence-corrected chi connectivity index (χ1v) is 15.3. The van der Waals surface area contributed by atoms with Gasteiger partial charge in [-0.15, -0.1) is 0 Å². The van der Waals surface area contributed by atoms with E-state index < -0.39 is 53.8 Å². The molecule has 4 amide bonds. The molecule has 5 unspecified atom stereocenters. The number of H-pyrrole nitrogens is 2. The Balaban J connectivity index is 1.53. The van der Waals surface area contributed by atoms with Gasteiger partial charge in [-0.3, -0.25) is 19.2 Å². The molecule has 4 rings (SSSR count). The fraction of sp³-hybridized carbons (Fsp3) is 0.364. The van der Waals surface area contributed by atoms with E-state index in [1.807, 2.05) is 55.5 Å². The molecular weight excluding hydrogens is 590 g/mol. The van der Waals surface area contributed by atoms with Crippen molar-refractivity contribution >= 4 is 51.4 Å². The fourth-order valence-corrected chi connectivity index (χ4v) is 5.40. The van der Waals surface area contributed by atoms with Crippen molar-refractivity contribution < 1.29 is 29.1 Å². The van der Waals surface area contributed by atoms with Gasteiger partial charge in [-0.2, -0.15) is 0 Å². The molecule has 10 N–H and O–H groups in total. The minimum atomic E-state index is -1.41. The number of carbonyl (C=O) groups is 5. The van der Waals surface area contributed by atoms with Crippen LogP contribution < -0.4 is 27.4 Å². The number of fused-ring (bicyclic) bond motifs is 2. The van der Waals surface area contributed by atoms with Gasteiger partial charge in [-0.25, -0.2) is 4.79 Å². The number of nitrogens with two attached hydrogens (primary N) is 2. The van der Waals surface area contributed by atoms with Gasteiger partial charge in [0.25, 0.3) is 0 Å². The molecule has 0 spiro atoms. The van der Waals surface area contributed by atoms with Crippen LogP contribution in [-0.4, -0.2) is 68.8 Å². The van der Waals surface area contributed by atoms with Crippen molar-refractivity contribution in [3.63, 3.8) is 0 Å². The fourth-order valence-electron chi connectivity index (χ4n) is 5.40. The van der Waals surface area contributed by atoms with Gasteiger partial charge in [0, 0.05) is 47.0 Å². The number of rotatable bonds is 16. The summed E-state index contributed by atoms with van der Waals surface area (Å²) < 4.78 is 0. The number of primary amides is 1. The molecule has 0 saturated carbocycles. The minimum Gasteiger partial charge on any atom is -0.480 e. The monoisotopic (exact) mass is 631 g/mol. The highest BCUT2D eigenvalue weighted by Gasteiger charge is 2.33. The normalized spacial score (nSPS) is 14.6. The summed E-state index contributed by atoms with van der Waals surface area (Å²) in [5.74, 6) is -4.30. The average Bonchev–Trinajstić information content (AvgIpc) is 3.64. The summed E-state index contributed by atoms with van der Waals surface area (Å²) in [6.07, 6.45) is 3.84. The Hall–Kier alpha value is -5.17.